The highest BCUT2D eigenvalue weighted by Gasteiger charge is 2.23. The van der Waals surface area contributed by atoms with E-state index in [-0.39, 0.29) is 0 Å². The first kappa shape index (κ1) is 22.2. The number of anilines is 3. The molecule has 2 aromatic heterocycles. The zero-order valence-electron chi connectivity index (χ0n) is 21.0. The van der Waals surface area contributed by atoms with Gasteiger partial charge in [0.05, 0.1) is 16.1 Å². The van der Waals surface area contributed by atoms with Crippen molar-refractivity contribution in [2.45, 2.75) is 0 Å². The van der Waals surface area contributed by atoms with Crippen LogP contribution in [-0.4, -0.2) is 0 Å². The van der Waals surface area contributed by atoms with E-state index in [2.05, 4.69) is 138 Å². The molecule has 8 aromatic rings. The fourth-order valence-electron chi connectivity index (χ4n) is 5.74. The highest BCUT2D eigenvalue weighted by Crippen LogP contribution is 2.49. The van der Waals surface area contributed by atoms with Gasteiger partial charge in [-0.2, -0.15) is 0 Å². The summed E-state index contributed by atoms with van der Waals surface area (Å²) in [5.74, 6) is 0. The van der Waals surface area contributed by atoms with Gasteiger partial charge in [-0.3, -0.25) is 0 Å². The molecule has 2 nitrogen and oxygen atoms in total. The second-order valence-electron chi connectivity index (χ2n) is 9.72. The molecule has 39 heavy (non-hydrogen) atoms. The molecule has 2 heterocycles. The summed E-state index contributed by atoms with van der Waals surface area (Å²) in [5.41, 5.74) is 7.40. The predicted octanol–water partition coefficient (Wildman–Crippen LogP) is 11.1. The van der Waals surface area contributed by atoms with Crippen LogP contribution >= 0.6 is 11.3 Å². The Balaban J connectivity index is 1.48. The van der Waals surface area contributed by atoms with Gasteiger partial charge in [-0.15, -0.1) is 11.3 Å². The van der Waals surface area contributed by atoms with Gasteiger partial charge in [0.15, 0.2) is 5.58 Å². The monoisotopic (exact) mass is 517 g/mol. The fourth-order valence-corrected chi connectivity index (χ4v) is 6.95. The molecular weight excluding hydrogens is 494 g/mol. The minimum absolute atomic E-state index is 0.888. The highest BCUT2D eigenvalue weighted by atomic mass is 32.1. The average molecular weight is 518 g/mol. The van der Waals surface area contributed by atoms with Gasteiger partial charge in [-0.05, 0) is 47.5 Å². The number of rotatable bonds is 4. The van der Waals surface area contributed by atoms with Crippen LogP contribution in [0.1, 0.15) is 0 Å². The third kappa shape index (κ3) is 3.48. The lowest BCUT2D eigenvalue weighted by atomic mass is 9.98. The van der Waals surface area contributed by atoms with Crippen LogP contribution in [-0.2, 0) is 0 Å². The standard InChI is InChI=1S/C36H23NOS/c1-3-12-24(13-4-1)26-22-23-30(35-34(26)29-17-7-9-20-32(29)38-35)37(25-14-5-2-6-15-25)31-19-11-18-28-27-16-8-10-21-33(27)39-36(28)31/h1-23H. The maximum Gasteiger partial charge on any atom is 0.160 e. The average Bonchev–Trinajstić information content (AvgIpc) is 3.58. The van der Waals surface area contributed by atoms with E-state index in [9.17, 15) is 0 Å². The predicted molar refractivity (Wildman–Crippen MR) is 167 cm³/mol. The van der Waals surface area contributed by atoms with E-state index in [0.717, 1.165) is 39.0 Å². The van der Waals surface area contributed by atoms with Crippen molar-refractivity contribution in [1.29, 1.82) is 0 Å². The third-order valence-electron chi connectivity index (χ3n) is 7.47. The molecule has 0 unspecified atom stereocenters. The van der Waals surface area contributed by atoms with Crippen molar-refractivity contribution in [3.8, 4) is 11.1 Å². The van der Waals surface area contributed by atoms with Crippen LogP contribution in [0.5, 0.6) is 0 Å². The van der Waals surface area contributed by atoms with Crippen molar-refractivity contribution >= 4 is 70.5 Å². The number of thiophene rings is 1. The molecule has 0 atom stereocenters. The van der Waals surface area contributed by atoms with Crippen molar-refractivity contribution in [2.24, 2.45) is 0 Å². The molecule has 0 aliphatic carbocycles. The van der Waals surface area contributed by atoms with Gasteiger partial charge >= 0.3 is 0 Å². The fraction of sp³-hybridized carbons (Fsp3) is 0. The highest BCUT2D eigenvalue weighted by molar-refractivity contribution is 7.26. The smallest absolute Gasteiger partial charge is 0.160 e. The molecule has 6 aromatic carbocycles. The Morgan fingerprint density at radius 3 is 2.05 bits per heavy atom. The van der Waals surface area contributed by atoms with Crippen LogP contribution in [0.15, 0.2) is 144 Å². The molecule has 0 fully saturated rings. The van der Waals surface area contributed by atoms with Crippen molar-refractivity contribution in [3.63, 3.8) is 0 Å². The first-order chi connectivity index (χ1) is 19.4. The van der Waals surface area contributed by atoms with Crippen LogP contribution in [0.3, 0.4) is 0 Å². The summed E-state index contributed by atoms with van der Waals surface area (Å²) in [4.78, 5) is 2.36. The molecule has 8 rings (SSSR count). The lowest BCUT2D eigenvalue weighted by Crippen LogP contribution is -2.10. The number of furan rings is 1. The molecule has 0 bridgehead atoms. The van der Waals surface area contributed by atoms with Gasteiger partial charge in [0.1, 0.15) is 5.58 Å². The van der Waals surface area contributed by atoms with Gasteiger partial charge in [-0.1, -0.05) is 103 Å². The molecule has 0 saturated carbocycles. The summed E-state index contributed by atoms with van der Waals surface area (Å²) < 4.78 is 9.26. The summed E-state index contributed by atoms with van der Waals surface area (Å²) in [6.07, 6.45) is 0. The van der Waals surface area contributed by atoms with Gasteiger partial charge in [-0.25, -0.2) is 0 Å². The van der Waals surface area contributed by atoms with Crippen molar-refractivity contribution in [1.82, 2.24) is 0 Å². The van der Waals surface area contributed by atoms with E-state index in [4.69, 9.17) is 4.42 Å². The second-order valence-corrected chi connectivity index (χ2v) is 10.8. The van der Waals surface area contributed by atoms with Gasteiger partial charge < -0.3 is 9.32 Å². The lowest BCUT2D eigenvalue weighted by molar-refractivity contribution is 0.669. The normalized spacial score (nSPS) is 11.6. The van der Waals surface area contributed by atoms with E-state index >= 15 is 0 Å². The summed E-state index contributed by atoms with van der Waals surface area (Å²) in [5, 5.41) is 4.83. The molecule has 3 heteroatoms. The largest absolute Gasteiger partial charge is 0.454 e. The van der Waals surface area contributed by atoms with E-state index in [1.54, 1.807) is 0 Å². The molecule has 0 N–H and O–H groups in total. The minimum atomic E-state index is 0.888. The number of nitrogens with zero attached hydrogens (tertiary/aromatic N) is 1. The quantitative estimate of drug-likeness (QED) is 0.231. The number of benzene rings is 6. The van der Waals surface area contributed by atoms with Gasteiger partial charge in [0.25, 0.3) is 0 Å². The van der Waals surface area contributed by atoms with E-state index in [1.165, 1.54) is 31.3 Å². The number of hydrogen-bond acceptors (Lipinski definition) is 3. The van der Waals surface area contributed by atoms with Crippen LogP contribution in [0.2, 0.25) is 0 Å². The molecule has 0 aliphatic rings. The summed E-state index contributed by atoms with van der Waals surface area (Å²) >= 11 is 1.84. The van der Waals surface area contributed by atoms with Crippen LogP contribution in [0.25, 0.3) is 53.2 Å². The zero-order valence-corrected chi connectivity index (χ0v) is 21.9. The maximum atomic E-state index is 6.70. The molecule has 184 valence electrons. The van der Waals surface area contributed by atoms with E-state index in [1.807, 2.05) is 17.4 Å². The second kappa shape index (κ2) is 8.87. The van der Waals surface area contributed by atoms with Gasteiger partial charge in [0.2, 0.25) is 0 Å². The Hall–Kier alpha value is -4.86. The van der Waals surface area contributed by atoms with E-state index < -0.39 is 0 Å². The minimum Gasteiger partial charge on any atom is -0.454 e. The topological polar surface area (TPSA) is 16.4 Å². The number of para-hydroxylation sites is 2. The Bertz CT molecular complexity index is 2120. The lowest BCUT2D eigenvalue weighted by Gasteiger charge is -2.26. The Labute approximate surface area is 230 Å². The van der Waals surface area contributed by atoms with Gasteiger partial charge in [0, 0.05) is 31.9 Å². The summed E-state index contributed by atoms with van der Waals surface area (Å²) in [7, 11) is 0. The first-order valence-corrected chi connectivity index (χ1v) is 13.9. The third-order valence-corrected chi connectivity index (χ3v) is 8.68. The Kier molecular flexibility index (Phi) is 5.04. The molecule has 0 saturated heterocycles. The summed E-state index contributed by atoms with van der Waals surface area (Å²) in [6, 6.07) is 49.3. The molecule has 0 amide bonds. The van der Waals surface area contributed by atoms with E-state index in [0.29, 0.717) is 0 Å². The van der Waals surface area contributed by atoms with Crippen LogP contribution in [0.4, 0.5) is 17.1 Å². The SMILES string of the molecule is c1ccc(-c2ccc(N(c3ccccc3)c3cccc4c3sc3ccccc34)c3oc4ccccc4c23)cc1. The molecule has 0 radical (unpaired) electrons. The van der Waals surface area contributed by atoms with Crippen LogP contribution in [0, 0.1) is 0 Å². The maximum absolute atomic E-state index is 6.70. The van der Waals surface area contributed by atoms with Crippen LogP contribution < -0.4 is 4.90 Å². The summed E-state index contributed by atoms with van der Waals surface area (Å²) in [6.45, 7) is 0. The zero-order chi connectivity index (χ0) is 25.8. The molecular formula is C36H23NOS. The van der Waals surface area contributed by atoms with Crippen molar-refractivity contribution in [2.75, 3.05) is 4.90 Å². The Morgan fingerprint density at radius 1 is 0.513 bits per heavy atom. The van der Waals surface area contributed by atoms with Crippen molar-refractivity contribution < 1.29 is 4.42 Å². The Morgan fingerprint density at radius 2 is 1.21 bits per heavy atom. The molecule has 0 spiro atoms. The molecule has 0 aliphatic heterocycles. The number of fused-ring (bicyclic) bond motifs is 6. The number of hydrogen-bond donors (Lipinski definition) is 0. The van der Waals surface area contributed by atoms with Crippen molar-refractivity contribution in [3.05, 3.63) is 140 Å². The first-order valence-electron chi connectivity index (χ1n) is 13.1.